The molecule has 2 rings (SSSR count). The van der Waals surface area contributed by atoms with Crippen LogP contribution in [-0.4, -0.2) is 21.5 Å². The Morgan fingerprint density at radius 3 is 2.50 bits per heavy atom. The average molecular weight is 296 g/mol. The Bertz CT molecular complexity index is 578. The first-order chi connectivity index (χ1) is 9.44. The lowest BCUT2D eigenvalue weighted by Gasteiger charge is -2.14. The Labute approximate surface area is 122 Å². The molecule has 0 unspecified atom stereocenters. The molecule has 0 aromatic heterocycles. The smallest absolute Gasteiger partial charge is 0.240 e. The predicted octanol–water partition coefficient (Wildman–Crippen LogP) is 2.10. The normalized spacial score (nSPS) is 15.6. The van der Waals surface area contributed by atoms with E-state index in [9.17, 15) is 8.42 Å². The Morgan fingerprint density at radius 1 is 1.20 bits per heavy atom. The monoisotopic (exact) mass is 296 g/mol. The fraction of sp³-hybridized carbons (Fsp3) is 0.600. The van der Waals surface area contributed by atoms with E-state index in [1.54, 1.807) is 0 Å². The van der Waals surface area contributed by atoms with Crippen molar-refractivity contribution in [3.8, 4) is 0 Å². The van der Waals surface area contributed by atoms with Crippen molar-refractivity contribution in [3.05, 3.63) is 28.8 Å². The fourth-order valence-electron chi connectivity index (χ4n) is 2.24. The molecule has 0 amide bonds. The van der Waals surface area contributed by atoms with E-state index in [1.165, 1.54) is 0 Å². The zero-order chi connectivity index (χ0) is 14.8. The second-order valence-electron chi connectivity index (χ2n) is 5.62. The molecule has 4 nitrogen and oxygen atoms in total. The van der Waals surface area contributed by atoms with Gasteiger partial charge in [-0.15, -0.1) is 0 Å². The summed E-state index contributed by atoms with van der Waals surface area (Å²) in [5.41, 5.74) is 2.99. The molecule has 112 valence electrons. The molecule has 0 spiro atoms. The minimum absolute atomic E-state index is 0.414. The highest BCUT2D eigenvalue weighted by molar-refractivity contribution is 7.89. The van der Waals surface area contributed by atoms with Crippen LogP contribution < -0.4 is 10.0 Å². The van der Waals surface area contributed by atoms with Crippen molar-refractivity contribution in [2.24, 2.45) is 5.92 Å². The second-order valence-corrected chi connectivity index (χ2v) is 7.36. The van der Waals surface area contributed by atoms with Crippen LogP contribution in [0.25, 0.3) is 0 Å². The summed E-state index contributed by atoms with van der Waals surface area (Å²) in [7, 11) is -3.39. The molecular formula is C15H24N2O2S. The van der Waals surface area contributed by atoms with Crippen molar-refractivity contribution in [3.63, 3.8) is 0 Å². The molecule has 5 heteroatoms. The molecule has 0 bridgehead atoms. The Hall–Kier alpha value is -0.910. The van der Waals surface area contributed by atoms with Crippen molar-refractivity contribution in [1.82, 2.24) is 10.0 Å². The lowest BCUT2D eigenvalue weighted by molar-refractivity contribution is 0.576. The molecule has 1 aliphatic carbocycles. The van der Waals surface area contributed by atoms with Crippen molar-refractivity contribution in [2.75, 3.05) is 13.1 Å². The maximum atomic E-state index is 12.4. The topological polar surface area (TPSA) is 58.2 Å². The fourth-order valence-corrected chi connectivity index (χ4v) is 3.63. The van der Waals surface area contributed by atoms with Crippen LogP contribution in [0.5, 0.6) is 0 Å². The minimum atomic E-state index is -3.39. The minimum Gasteiger partial charge on any atom is -0.313 e. The van der Waals surface area contributed by atoms with E-state index in [2.05, 4.69) is 10.0 Å². The highest BCUT2D eigenvalue weighted by Crippen LogP contribution is 2.28. The van der Waals surface area contributed by atoms with E-state index in [-0.39, 0.29) is 0 Å². The van der Waals surface area contributed by atoms with Crippen LogP contribution >= 0.6 is 0 Å². The van der Waals surface area contributed by atoms with E-state index in [0.29, 0.717) is 23.9 Å². The van der Waals surface area contributed by atoms with Gasteiger partial charge in [0, 0.05) is 13.1 Å². The third kappa shape index (κ3) is 3.81. The number of nitrogens with one attached hydrogen (secondary N) is 2. The first-order valence-electron chi connectivity index (χ1n) is 7.24. The van der Waals surface area contributed by atoms with E-state index in [1.807, 2.05) is 32.9 Å². The van der Waals surface area contributed by atoms with Crippen molar-refractivity contribution in [2.45, 2.75) is 45.1 Å². The summed E-state index contributed by atoms with van der Waals surface area (Å²) in [5, 5.41) is 3.25. The first-order valence-corrected chi connectivity index (χ1v) is 8.73. The predicted molar refractivity (Wildman–Crippen MR) is 81.2 cm³/mol. The summed E-state index contributed by atoms with van der Waals surface area (Å²) in [6, 6.07) is 3.76. The number of rotatable bonds is 7. The van der Waals surface area contributed by atoms with Crippen molar-refractivity contribution < 1.29 is 8.42 Å². The zero-order valence-corrected chi connectivity index (χ0v) is 13.3. The molecule has 1 aromatic rings. The summed E-state index contributed by atoms with van der Waals surface area (Å²) in [6.45, 7) is 8.06. The number of aryl methyl sites for hydroxylation is 2. The Morgan fingerprint density at radius 2 is 1.90 bits per heavy atom. The van der Waals surface area contributed by atoms with Crippen molar-refractivity contribution in [1.29, 1.82) is 0 Å². The maximum absolute atomic E-state index is 12.4. The molecule has 0 heterocycles. The van der Waals surface area contributed by atoms with Crippen LogP contribution in [0.2, 0.25) is 0 Å². The van der Waals surface area contributed by atoms with Gasteiger partial charge in [-0.05, 0) is 61.9 Å². The molecule has 0 aliphatic heterocycles. The molecule has 2 N–H and O–H groups in total. The highest BCUT2D eigenvalue weighted by atomic mass is 32.2. The molecule has 0 atom stereocenters. The number of sulfonamides is 1. The molecule has 0 saturated heterocycles. The summed E-state index contributed by atoms with van der Waals surface area (Å²) < 4.78 is 27.5. The largest absolute Gasteiger partial charge is 0.313 e. The molecule has 1 aliphatic rings. The van der Waals surface area contributed by atoms with Crippen LogP contribution in [0.4, 0.5) is 0 Å². The van der Waals surface area contributed by atoms with Gasteiger partial charge in [0.2, 0.25) is 10.0 Å². The highest BCUT2D eigenvalue weighted by Gasteiger charge is 2.25. The maximum Gasteiger partial charge on any atom is 0.240 e. The molecule has 1 fully saturated rings. The van der Waals surface area contributed by atoms with Crippen LogP contribution in [0.1, 0.15) is 36.5 Å². The van der Waals surface area contributed by atoms with E-state index in [0.717, 1.165) is 36.1 Å². The quantitative estimate of drug-likeness (QED) is 0.810. The van der Waals surface area contributed by atoms with Gasteiger partial charge in [0.05, 0.1) is 4.90 Å². The van der Waals surface area contributed by atoms with Gasteiger partial charge in [0.1, 0.15) is 0 Å². The number of hydrogen-bond acceptors (Lipinski definition) is 3. The molecule has 0 radical (unpaired) electrons. The lowest BCUT2D eigenvalue weighted by atomic mass is 10.1. The molecule has 1 saturated carbocycles. The van der Waals surface area contributed by atoms with Gasteiger partial charge in [-0.1, -0.05) is 13.0 Å². The van der Waals surface area contributed by atoms with Gasteiger partial charge in [0.15, 0.2) is 0 Å². The van der Waals surface area contributed by atoms with Gasteiger partial charge in [-0.2, -0.15) is 0 Å². The SMILES string of the molecule is CCNCc1cc(S(=O)(=O)NCC2CC2)c(C)cc1C. The van der Waals surface area contributed by atoms with E-state index in [4.69, 9.17) is 0 Å². The summed E-state index contributed by atoms with van der Waals surface area (Å²) in [4.78, 5) is 0.414. The lowest BCUT2D eigenvalue weighted by Crippen LogP contribution is -2.27. The van der Waals surface area contributed by atoms with E-state index < -0.39 is 10.0 Å². The van der Waals surface area contributed by atoms with Crippen LogP contribution in [0.15, 0.2) is 17.0 Å². The third-order valence-electron chi connectivity index (χ3n) is 3.75. The third-order valence-corrected chi connectivity index (χ3v) is 5.31. The molecule has 20 heavy (non-hydrogen) atoms. The number of benzene rings is 1. The number of hydrogen-bond donors (Lipinski definition) is 2. The average Bonchev–Trinajstić information content (AvgIpc) is 3.19. The zero-order valence-electron chi connectivity index (χ0n) is 12.5. The summed E-state index contributed by atoms with van der Waals surface area (Å²) >= 11 is 0. The summed E-state index contributed by atoms with van der Waals surface area (Å²) in [6.07, 6.45) is 2.28. The summed E-state index contributed by atoms with van der Waals surface area (Å²) in [5.74, 6) is 0.539. The van der Waals surface area contributed by atoms with Gasteiger partial charge in [-0.3, -0.25) is 0 Å². The molecular weight excluding hydrogens is 272 g/mol. The second kappa shape index (κ2) is 6.24. The molecule has 1 aromatic carbocycles. The van der Waals surface area contributed by atoms with Gasteiger partial charge >= 0.3 is 0 Å². The van der Waals surface area contributed by atoms with Crippen LogP contribution in [-0.2, 0) is 16.6 Å². The van der Waals surface area contributed by atoms with Crippen molar-refractivity contribution >= 4 is 10.0 Å². The van der Waals surface area contributed by atoms with Crippen LogP contribution in [0.3, 0.4) is 0 Å². The van der Waals surface area contributed by atoms with Gasteiger partial charge in [0.25, 0.3) is 0 Å². The van der Waals surface area contributed by atoms with Gasteiger partial charge in [-0.25, -0.2) is 13.1 Å². The first kappa shape index (κ1) is 15.5. The van der Waals surface area contributed by atoms with Gasteiger partial charge < -0.3 is 5.32 Å². The standard InChI is InChI=1S/C15H24N2O2S/c1-4-16-10-14-8-15(12(3)7-11(14)2)20(18,19)17-9-13-5-6-13/h7-8,13,16-17H,4-6,9-10H2,1-3H3. The van der Waals surface area contributed by atoms with Crippen LogP contribution in [0, 0.1) is 19.8 Å². The van der Waals surface area contributed by atoms with E-state index >= 15 is 0 Å². The Balaban J connectivity index is 2.24. The Kier molecular flexibility index (Phi) is 4.83.